The van der Waals surface area contributed by atoms with Crippen LogP contribution in [0.5, 0.6) is 0 Å². The number of nitrogens with one attached hydrogen (secondary N) is 2. The quantitative estimate of drug-likeness (QED) is 0.539. The largest absolute Gasteiger partial charge is 0.342 e. The molecule has 0 aliphatic carbocycles. The Balaban J connectivity index is 1.59. The zero-order valence-corrected chi connectivity index (χ0v) is 18.4. The maximum absolute atomic E-state index is 12.4. The van der Waals surface area contributed by atoms with Gasteiger partial charge >= 0.3 is 0 Å². The lowest BCUT2D eigenvalue weighted by molar-refractivity contribution is -0.113. The third-order valence-corrected chi connectivity index (χ3v) is 5.70. The van der Waals surface area contributed by atoms with Gasteiger partial charge in [-0.2, -0.15) is 0 Å². The Morgan fingerprint density at radius 2 is 1.90 bits per heavy atom. The summed E-state index contributed by atoms with van der Waals surface area (Å²) in [6, 6.07) is 14.0. The van der Waals surface area contributed by atoms with Crippen LogP contribution in [-0.2, 0) is 11.8 Å². The Labute approximate surface area is 184 Å². The Morgan fingerprint density at radius 3 is 2.63 bits per heavy atom. The molecule has 30 heavy (non-hydrogen) atoms. The first-order valence-corrected chi connectivity index (χ1v) is 10.7. The van der Waals surface area contributed by atoms with E-state index in [1.165, 1.54) is 11.8 Å². The van der Waals surface area contributed by atoms with Crippen molar-refractivity contribution in [3.8, 4) is 0 Å². The zero-order chi connectivity index (χ0) is 21.7. The van der Waals surface area contributed by atoms with E-state index in [-0.39, 0.29) is 23.6 Å². The average molecular weight is 444 g/mol. The third-order valence-electron chi connectivity index (χ3n) is 4.45. The Bertz CT molecular complexity index is 1050. The van der Waals surface area contributed by atoms with Crippen molar-refractivity contribution in [2.45, 2.75) is 25.0 Å². The number of carbonyl (C=O) groups excluding carboxylic acids is 2. The van der Waals surface area contributed by atoms with Gasteiger partial charge in [-0.1, -0.05) is 47.6 Å². The van der Waals surface area contributed by atoms with E-state index in [2.05, 4.69) is 20.8 Å². The number of hydrogen-bond donors (Lipinski definition) is 2. The molecular weight excluding hydrogens is 422 g/mol. The molecule has 2 amide bonds. The van der Waals surface area contributed by atoms with Crippen LogP contribution >= 0.6 is 23.4 Å². The average Bonchev–Trinajstić information content (AvgIpc) is 3.10. The van der Waals surface area contributed by atoms with Gasteiger partial charge < -0.3 is 15.2 Å². The van der Waals surface area contributed by atoms with E-state index in [0.29, 0.717) is 27.3 Å². The third kappa shape index (κ3) is 5.40. The SMILES string of the molecule is Cc1ccc(Cl)cc1NC(=O)CSc1nnc([C@H](C)NC(=O)c2ccccc2)n1C. The molecule has 0 spiro atoms. The second kappa shape index (κ2) is 9.77. The molecule has 1 heterocycles. The lowest BCUT2D eigenvalue weighted by Crippen LogP contribution is -2.28. The van der Waals surface area contributed by atoms with Gasteiger partial charge in [0.05, 0.1) is 11.8 Å². The summed E-state index contributed by atoms with van der Waals surface area (Å²) in [6.07, 6.45) is 0. The summed E-state index contributed by atoms with van der Waals surface area (Å²) < 4.78 is 1.78. The molecule has 0 aliphatic rings. The highest BCUT2D eigenvalue weighted by molar-refractivity contribution is 7.99. The summed E-state index contributed by atoms with van der Waals surface area (Å²) in [5.74, 6) is 0.424. The molecule has 7 nitrogen and oxygen atoms in total. The summed E-state index contributed by atoms with van der Waals surface area (Å²) >= 11 is 7.26. The van der Waals surface area contributed by atoms with Gasteiger partial charge in [0.1, 0.15) is 0 Å². The molecule has 9 heteroatoms. The monoisotopic (exact) mass is 443 g/mol. The fourth-order valence-corrected chi connectivity index (χ4v) is 3.70. The minimum atomic E-state index is -0.340. The molecule has 0 unspecified atom stereocenters. The van der Waals surface area contributed by atoms with Crippen molar-refractivity contribution < 1.29 is 9.59 Å². The highest BCUT2D eigenvalue weighted by Crippen LogP contribution is 2.22. The summed E-state index contributed by atoms with van der Waals surface area (Å²) in [6.45, 7) is 3.74. The summed E-state index contributed by atoms with van der Waals surface area (Å²) in [5, 5.41) is 15.2. The Kier molecular flexibility index (Phi) is 7.12. The predicted octanol–water partition coefficient (Wildman–Crippen LogP) is 4.00. The first-order chi connectivity index (χ1) is 14.3. The number of rotatable bonds is 7. The van der Waals surface area contributed by atoms with Crippen LogP contribution in [0.25, 0.3) is 0 Å². The smallest absolute Gasteiger partial charge is 0.251 e. The highest BCUT2D eigenvalue weighted by atomic mass is 35.5. The predicted molar refractivity (Wildman–Crippen MR) is 119 cm³/mol. The number of aromatic nitrogens is 3. The van der Waals surface area contributed by atoms with Crippen LogP contribution in [-0.4, -0.2) is 32.3 Å². The van der Waals surface area contributed by atoms with Gasteiger partial charge in [-0.25, -0.2) is 0 Å². The number of carbonyl (C=O) groups is 2. The second-order valence-corrected chi connectivity index (χ2v) is 8.14. The molecule has 3 aromatic rings. The molecule has 156 valence electrons. The molecule has 3 rings (SSSR count). The van der Waals surface area contributed by atoms with Gasteiger partial charge in [0.25, 0.3) is 5.91 Å². The van der Waals surface area contributed by atoms with E-state index in [4.69, 9.17) is 11.6 Å². The summed E-state index contributed by atoms with van der Waals surface area (Å²) in [5.41, 5.74) is 2.19. The van der Waals surface area contributed by atoms with Crippen LogP contribution in [0.3, 0.4) is 0 Å². The van der Waals surface area contributed by atoms with Crippen molar-refractivity contribution in [1.29, 1.82) is 0 Å². The van der Waals surface area contributed by atoms with Crippen LogP contribution in [0.2, 0.25) is 5.02 Å². The van der Waals surface area contributed by atoms with Crippen molar-refractivity contribution in [2.24, 2.45) is 7.05 Å². The molecule has 2 aromatic carbocycles. The van der Waals surface area contributed by atoms with Crippen molar-refractivity contribution in [1.82, 2.24) is 20.1 Å². The van der Waals surface area contributed by atoms with E-state index < -0.39 is 0 Å². The molecule has 2 N–H and O–H groups in total. The zero-order valence-electron chi connectivity index (χ0n) is 16.8. The number of hydrogen-bond acceptors (Lipinski definition) is 5. The van der Waals surface area contributed by atoms with Crippen LogP contribution < -0.4 is 10.6 Å². The lowest BCUT2D eigenvalue weighted by Gasteiger charge is -2.13. The van der Waals surface area contributed by atoms with Gasteiger partial charge in [-0.15, -0.1) is 10.2 Å². The van der Waals surface area contributed by atoms with E-state index in [1.54, 1.807) is 28.8 Å². The van der Waals surface area contributed by atoms with Crippen LogP contribution in [0.15, 0.2) is 53.7 Å². The van der Waals surface area contributed by atoms with Crippen molar-refractivity contribution in [2.75, 3.05) is 11.1 Å². The maximum atomic E-state index is 12.4. The van der Waals surface area contributed by atoms with E-state index in [0.717, 1.165) is 5.56 Å². The number of anilines is 1. The Morgan fingerprint density at radius 1 is 1.17 bits per heavy atom. The fraction of sp³-hybridized carbons (Fsp3) is 0.238. The van der Waals surface area contributed by atoms with Crippen molar-refractivity contribution >= 4 is 40.9 Å². The van der Waals surface area contributed by atoms with Crippen LogP contribution in [0, 0.1) is 6.92 Å². The van der Waals surface area contributed by atoms with Gasteiger partial charge in [-0.05, 0) is 43.7 Å². The first-order valence-electron chi connectivity index (χ1n) is 9.29. The number of thioether (sulfide) groups is 1. The molecule has 0 aliphatic heterocycles. The van der Waals surface area contributed by atoms with Gasteiger partial charge in [-0.3, -0.25) is 9.59 Å². The summed E-state index contributed by atoms with van der Waals surface area (Å²) in [4.78, 5) is 24.7. The first kappa shape index (κ1) is 21.9. The van der Waals surface area contributed by atoms with E-state index in [1.807, 2.05) is 45.2 Å². The standard InChI is InChI=1S/C21H22ClN5O2S/c1-13-9-10-16(22)11-17(13)24-18(28)12-30-21-26-25-19(27(21)3)14(2)23-20(29)15-7-5-4-6-8-15/h4-11,14H,12H2,1-3H3,(H,23,29)(H,24,28)/t14-/m0/s1. The van der Waals surface area contributed by atoms with E-state index >= 15 is 0 Å². The van der Waals surface area contributed by atoms with Gasteiger partial charge in [0.15, 0.2) is 11.0 Å². The molecule has 1 aromatic heterocycles. The number of benzene rings is 2. The van der Waals surface area contributed by atoms with Gasteiger partial charge in [0, 0.05) is 23.3 Å². The van der Waals surface area contributed by atoms with Crippen molar-refractivity contribution in [3.05, 3.63) is 70.5 Å². The Hall–Kier alpha value is -2.84. The lowest BCUT2D eigenvalue weighted by atomic mass is 10.2. The maximum Gasteiger partial charge on any atom is 0.251 e. The minimum absolute atomic E-state index is 0.166. The molecule has 0 saturated carbocycles. The molecule has 0 bridgehead atoms. The number of aryl methyl sites for hydroxylation is 1. The highest BCUT2D eigenvalue weighted by Gasteiger charge is 2.19. The molecule has 0 fully saturated rings. The number of nitrogens with zero attached hydrogens (tertiary/aromatic N) is 3. The summed E-state index contributed by atoms with van der Waals surface area (Å²) in [7, 11) is 1.81. The minimum Gasteiger partial charge on any atom is -0.342 e. The molecule has 0 saturated heterocycles. The number of amides is 2. The number of halogens is 1. The molecule has 0 radical (unpaired) electrons. The van der Waals surface area contributed by atoms with E-state index in [9.17, 15) is 9.59 Å². The van der Waals surface area contributed by atoms with Crippen molar-refractivity contribution in [3.63, 3.8) is 0 Å². The fourth-order valence-electron chi connectivity index (χ4n) is 2.81. The normalized spacial score (nSPS) is 11.7. The molecular formula is C21H22ClN5O2S. The van der Waals surface area contributed by atoms with Crippen LogP contribution in [0.4, 0.5) is 5.69 Å². The van der Waals surface area contributed by atoms with Crippen LogP contribution in [0.1, 0.15) is 34.7 Å². The molecule has 1 atom stereocenters. The topological polar surface area (TPSA) is 88.9 Å². The second-order valence-electron chi connectivity index (χ2n) is 6.76. The van der Waals surface area contributed by atoms with Gasteiger partial charge in [0.2, 0.25) is 5.91 Å².